The Labute approximate surface area is 372 Å². The largest absolute Gasteiger partial charge is 0.444 e. The van der Waals surface area contributed by atoms with Gasteiger partial charge in [0.15, 0.2) is 9.79 Å². The number of primary sulfonamides is 1. The molecule has 24 nitrogen and oxygen atoms in total. The van der Waals surface area contributed by atoms with Gasteiger partial charge in [0.2, 0.25) is 20.0 Å². The second-order valence-corrected chi connectivity index (χ2v) is 23.6. The summed E-state index contributed by atoms with van der Waals surface area (Å²) in [6, 6.07) is 8.56. The molecule has 2 N–H and O–H groups in total. The number of piperazine rings is 1. The number of ether oxygens (including phenoxy) is 2. The molecule has 0 spiro atoms. The van der Waals surface area contributed by atoms with Crippen molar-refractivity contribution in [3.63, 3.8) is 0 Å². The van der Waals surface area contributed by atoms with Gasteiger partial charge in [0.05, 0.1) is 47.7 Å². The van der Waals surface area contributed by atoms with Crippen LogP contribution in [0, 0.1) is 20.2 Å². The van der Waals surface area contributed by atoms with Crippen LogP contribution in [0.5, 0.6) is 0 Å². The van der Waals surface area contributed by atoms with Crippen molar-refractivity contribution in [2.24, 2.45) is 5.14 Å². The van der Waals surface area contributed by atoms with Crippen LogP contribution in [0.3, 0.4) is 0 Å². The maximum absolute atomic E-state index is 13.0. The first-order chi connectivity index (χ1) is 29.1. The highest BCUT2D eigenvalue weighted by Crippen LogP contribution is 2.36. The highest BCUT2D eigenvalue weighted by Gasteiger charge is 2.48. The predicted molar refractivity (Wildman–Crippen MR) is 228 cm³/mol. The van der Waals surface area contributed by atoms with E-state index in [1.165, 1.54) is 45.6 Å². The molecule has 3 aliphatic rings. The minimum Gasteiger partial charge on any atom is -0.444 e. The van der Waals surface area contributed by atoms with E-state index in [0.717, 1.165) is 24.6 Å². The van der Waals surface area contributed by atoms with Crippen molar-refractivity contribution in [3.05, 3.63) is 68.8 Å². The van der Waals surface area contributed by atoms with Crippen molar-refractivity contribution < 1.29 is 70.9 Å². The average Bonchev–Trinajstić information content (AvgIpc) is 3.68. The van der Waals surface area contributed by atoms with Gasteiger partial charge in [-0.15, -0.1) is 0 Å². The van der Waals surface area contributed by atoms with E-state index in [-0.39, 0.29) is 43.3 Å². The van der Waals surface area contributed by atoms with Gasteiger partial charge in [-0.25, -0.2) is 31.6 Å². The summed E-state index contributed by atoms with van der Waals surface area (Å²) in [5.41, 5.74) is -2.33. The first-order valence-electron chi connectivity index (χ1n) is 19.3. The van der Waals surface area contributed by atoms with E-state index in [1.54, 1.807) is 46.4 Å². The number of carbonyl (C=O) groups is 2. The molecule has 0 aliphatic carbocycles. The zero-order chi connectivity index (χ0) is 48.8. The molecule has 3 aliphatic heterocycles. The van der Waals surface area contributed by atoms with Crippen LogP contribution in [0.25, 0.3) is 0 Å². The van der Waals surface area contributed by atoms with Crippen molar-refractivity contribution in [2.75, 3.05) is 38.8 Å². The Morgan fingerprint density at radius 3 is 1.34 bits per heavy atom. The predicted octanol–water partition coefficient (Wildman–Crippen LogP) is 3.32. The lowest BCUT2D eigenvalue weighted by Crippen LogP contribution is -2.57. The summed E-state index contributed by atoms with van der Waals surface area (Å²) in [7, 11) is -15.4. The molecule has 2 aromatic rings. The minimum absolute atomic E-state index is 0.101. The first-order valence-corrected chi connectivity index (χ1v) is 25.9. The van der Waals surface area contributed by atoms with Crippen LogP contribution >= 0.6 is 0 Å². The molecule has 3 fully saturated rings. The molecule has 0 saturated carbocycles. The van der Waals surface area contributed by atoms with Gasteiger partial charge < -0.3 is 9.47 Å². The van der Waals surface area contributed by atoms with Gasteiger partial charge >= 0.3 is 12.2 Å². The fourth-order valence-electron chi connectivity index (χ4n) is 6.79. The lowest BCUT2D eigenvalue weighted by Gasteiger charge is -2.40. The summed E-state index contributed by atoms with van der Waals surface area (Å²) in [6.07, 6.45) is 2.98. The van der Waals surface area contributed by atoms with Gasteiger partial charge in [-0.2, -0.15) is 21.1 Å². The number of hydrogen-bond donors (Lipinski definition) is 1. The number of nitro groups is 2. The first kappa shape index (κ1) is 53.8. The fourth-order valence-corrected chi connectivity index (χ4v) is 9.98. The molecule has 3 heterocycles. The molecular weight excluding hydrogens is 933 g/mol. The smallest absolute Gasteiger partial charge is 0.410 e. The lowest BCUT2D eigenvalue weighted by atomic mass is 10.2. The average molecular weight is 987 g/mol. The number of rotatable bonds is 11. The van der Waals surface area contributed by atoms with Crippen LogP contribution in [0.15, 0.2) is 58.3 Å². The number of nitrogens with two attached hydrogens (primary N) is 1. The normalized spacial score (nSPS) is 20.6. The van der Waals surface area contributed by atoms with E-state index in [4.69, 9.17) is 23.0 Å². The summed E-state index contributed by atoms with van der Waals surface area (Å²) in [4.78, 5) is 47.1. The Kier molecular flexibility index (Phi) is 17.4. The topological polar surface area (TPSA) is 330 Å². The Morgan fingerprint density at radius 2 is 1.00 bits per heavy atom. The fraction of sp³-hybridized carbons (Fsp3) is 0.611. The quantitative estimate of drug-likeness (QED) is 0.192. The van der Waals surface area contributed by atoms with Crippen LogP contribution in [0.2, 0.25) is 0 Å². The van der Waals surface area contributed by atoms with Crippen LogP contribution in [-0.4, -0.2) is 144 Å². The van der Waals surface area contributed by atoms with Crippen molar-refractivity contribution in [2.45, 2.75) is 112 Å². The molecule has 0 aromatic heterocycles. The minimum atomic E-state index is -4.03. The number of fused-ring (bicyclic) bond motifs is 2. The van der Waals surface area contributed by atoms with Gasteiger partial charge in [0.25, 0.3) is 31.6 Å². The van der Waals surface area contributed by atoms with E-state index in [1.807, 2.05) is 0 Å². The summed E-state index contributed by atoms with van der Waals surface area (Å²) in [5, 5.41) is 26.3. The number of para-hydroxylation sites is 2. The molecule has 2 bridgehead atoms. The zero-order valence-electron chi connectivity index (χ0n) is 36.4. The Balaban J connectivity index is 0.000000270. The van der Waals surface area contributed by atoms with Gasteiger partial charge in [0, 0.05) is 37.3 Å². The molecule has 64 heavy (non-hydrogen) atoms. The standard InChI is InChI=1S/C17H23N3O6S.C13H25NO8S2.C6H6N2O4S/c1-17(2,3)26-16(21)19-12-8-9-13(19)11-18(10-12)27(24,25)15-7-5-4-6-14(15)20(22)23;1-13(2,3)22-12(15)14-10(8-20-23(4,16)17)6-7-11(14)9-21-24(5,18)19;7-13(11,12)6-4-2-1-3-5(6)8(9)10/h4-7,12-13H,8-11H2,1-3H3;10-11H,6-9H2,1-5H3;1-4H,(H2,7,11,12)/t;10-,11+;. The van der Waals surface area contributed by atoms with Crippen molar-refractivity contribution in [1.29, 1.82) is 0 Å². The zero-order valence-corrected chi connectivity index (χ0v) is 39.6. The van der Waals surface area contributed by atoms with Crippen LogP contribution in [0.1, 0.15) is 67.2 Å². The highest BCUT2D eigenvalue weighted by atomic mass is 32.2. The third kappa shape index (κ3) is 15.8. The van der Waals surface area contributed by atoms with E-state index in [0.29, 0.717) is 25.7 Å². The molecular formula is C36H54N6O18S4. The molecule has 28 heteroatoms. The number of benzene rings is 2. The molecule has 2 unspecified atom stereocenters. The second kappa shape index (κ2) is 20.7. The second-order valence-electron chi connectivity index (χ2n) is 16.8. The lowest BCUT2D eigenvalue weighted by molar-refractivity contribution is -0.388. The Bertz CT molecular complexity index is 2430. The molecule has 2 aromatic carbocycles. The summed E-state index contributed by atoms with van der Waals surface area (Å²) < 4.78 is 114. The molecule has 0 radical (unpaired) electrons. The number of nitro benzene ring substituents is 2. The van der Waals surface area contributed by atoms with Crippen molar-refractivity contribution >= 4 is 63.8 Å². The van der Waals surface area contributed by atoms with E-state index < -0.39 is 102 Å². The van der Waals surface area contributed by atoms with Crippen LogP contribution in [0.4, 0.5) is 21.0 Å². The summed E-state index contributed by atoms with van der Waals surface area (Å²) >= 11 is 0. The molecule has 360 valence electrons. The third-order valence-electron chi connectivity index (χ3n) is 9.27. The van der Waals surface area contributed by atoms with Gasteiger partial charge in [0.1, 0.15) is 11.2 Å². The van der Waals surface area contributed by atoms with Gasteiger partial charge in [-0.1, -0.05) is 24.3 Å². The van der Waals surface area contributed by atoms with Crippen LogP contribution in [-0.2, 0) is 58.1 Å². The molecule has 4 atom stereocenters. The maximum atomic E-state index is 13.0. The summed E-state index contributed by atoms with van der Waals surface area (Å²) in [5.74, 6) is 0. The number of amides is 2. The number of hydrogen-bond acceptors (Lipinski definition) is 18. The SMILES string of the molecule is CC(C)(C)OC(=O)N1C2CCC1CN(S(=O)(=O)c1ccccc1[N+](=O)[O-])C2.CC(C)(C)OC(=O)N1[C@@H](COS(C)(=O)=O)CC[C@H]1COS(C)(=O)=O.NS(=O)(=O)c1ccccc1[N+](=O)[O-]. The Hall–Kier alpha value is -4.58. The summed E-state index contributed by atoms with van der Waals surface area (Å²) in [6.45, 7) is 10.2. The van der Waals surface area contributed by atoms with Crippen LogP contribution < -0.4 is 5.14 Å². The number of likely N-dealkylation sites (tertiary alicyclic amines) is 1. The maximum Gasteiger partial charge on any atom is 0.410 e. The van der Waals surface area contributed by atoms with Gasteiger partial charge in [-0.3, -0.25) is 38.4 Å². The van der Waals surface area contributed by atoms with Gasteiger partial charge in [-0.05, 0) is 79.4 Å². The third-order valence-corrected chi connectivity index (χ3v) is 13.2. The monoisotopic (exact) mass is 986 g/mol. The van der Waals surface area contributed by atoms with E-state index in [9.17, 15) is 63.5 Å². The van der Waals surface area contributed by atoms with Crippen molar-refractivity contribution in [3.8, 4) is 0 Å². The van der Waals surface area contributed by atoms with Crippen molar-refractivity contribution in [1.82, 2.24) is 14.1 Å². The Morgan fingerprint density at radius 1 is 0.641 bits per heavy atom. The molecule has 2 amide bonds. The number of sulfonamides is 2. The molecule has 3 saturated heterocycles. The highest BCUT2D eigenvalue weighted by molar-refractivity contribution is 7.89. The van der Waals surface area contributed by atoms with E-state index in [2.05, 4.69) is 0 Å². The number of carbonyl (C=O) groups excluding carboxylic acids is 2. The number of nitrogens with zero attached hydrogens (tertiary/aromatic N) is 5. The van der Waals surface area contributed by atoms with E-state index >= 15 is 0 Å². The molecule has 5 rings (SSSR count).